The van der Waals surface area contributed by atoms with Crippen molar-refractivity contribution in [1.29, 1.82) is 0 Å². The van der Waals surface area contributed by atoms with Crippen LogP contribution in [-0.2, 0) is 11.2 Å². The van der Waals surface area contributed by atoms with Gasteiger partial charge in [0.25, 0.3) is 0 Å². The molecule has 0 aliphatic carbocycles. The fraction of sp³-hybridized carbons (Fsp3) is 0.556. The van der Waals surface area contributed by atoms with Crippen molar-refractivity contribution in [1.82, 2.24) is 15.5 Å². The largest absolute Gasteiger partial charge is 0.354 e. The number of rotatable bonds is 5. The third-order valence-electron chi connectivity index (χ3n) is 4.20. The van der Waals surface area contributed by atoms with E-state index in [1.165, 1.54) is 12.1 Å². The molecule has 0 saturated carbocycles. The van der Waals surface area contributed by atoms with Gasteiger partial charge < -0.3 is 15.5 Å². The molecule has 1 aromatic rings. The maximum atomic E-state index is 12.8. The molecular formula is C18H28FIN4O. The molecule has 1 heterocycles. The molecule has 5 nitrogen and oxygen atoms in total. The van der Waals surface area contributed by atoms with E-state index in [2.05, 4.69) is 34.4 Å². The first-order chi connectivity index (χ1) is 11.4. The lowest BCUT2D eigenvalue weighted by atomic mass is 9.93. The average Bonchev–Trinajstić information content (AvgIpc) is 2.89. The number of guanidine groups is 1. The van der Waals surface area contributed by atoms with Gasteiger partial charge in [0, 0.05) is 33.2 Å². The third kappa shape index (κ3) is 7.17. The van der Waals surface area contributed by atoms with Gasteiger partial charge in [0.05, 0.1) is 6.42 Å². The van der Waals surface area contributed by atoms with E-state index in [-0.39, 0.29) is 42.1 Å². The van der Waals surface area contributed by atoms with Crippen LogP contribution in [0.4, 0.5) is 4.39 Å². The Morgan fingerprint density at radius 1 is 1.24 bits per heavy atom. The summed E-state index contributed by atoms with van der Waals surface area (Å²) in [6.45, 7) is 7.66. The van der Waals surface area contributed by atoms with Crippen molar-refractivity contribution in [3.63, 3.8) is 0 Å². The summed E-state index contributed by atoms with van der Waals surface area (Å²) in [5.41, 5.74) is 1.12. The van der Waals surface area contributed by atoms with Gasteiger partial charge in [-0.05, 0) is 29.5 Å². The van der Waals surface area contributed by atoms with Crippen LogP contribution in [0.15, 0.2) is 29.3 Å². The highest BCUT2D eigenvalue weighted by atomic mass is 127. The number of halogens is 2. The smallest absolute Gasteiger partial charge is 0.224 e. The van der Waals surface area contributed by atoms with Gasteiger partial charge in [-0.15, -0.1) is 24.0 Å². The lowest BCUT2D eigenvalue weighted by Gasteiger charge is -2.23. The monoisotopic (exact) mass is 462 g/mol. The molecule has 7 heteroatoms. The lowest BCUT2D eigenvalue weighted by molar-refractivity contribution is -0.120. The van der Waals surface area contributed by atoms with Gasteiger partial charge >= 0.3 is 0 Å². The Morgan fingerprint density at radius 2 is 1.88 bits per heavy atom. The molecule has 25 heavy (non-hydrogen) atoms. The Morgan fingerprint density at radius 3 is 2.44 bits per heavy atom. The molecule has 1 fully saturated rings. The Labute approximate surface area is 166 Å². The maximum Gasteiger partial charge on any atom is 0.224 e. The van der Waals surface area contributed by atoms with Gasteiger partial charge in [0.1, 0.15) is 5.82 Å². The fourth-order valence-electron chi connectivity index (χ4n) is 2.85. The number of nitrogens with one attached hydrogen (secondary N) is 2. The zero-order valence-electron chi connectivity index (χ0n) is 15.1. The molecule has 0 unspecified atom stereocenters. The van der Waals surface area contributed by atoms with E-state index in [9.17, 15) is 9.18 Å². The zero-order chi connectivity index (χ0) is 17.6. The van der Waals surface area contributed by atoms with Gasteiger partial charge in [0.15, 0.2) is 5.96 Å². The second-order valence-electron chi connectivity index (χ2n) is 6.96. The first kappa shape index (κ1) is 21.7. The lowest BCUT2D eigenvalue weighted by Crippen LogP contribution is -2.43. The summed E-state index contributed by atoms with van der Waals surface area (Å²) in [6, 6.07) is 5.99. The Hall–Kier alpha value is -1.38. The number of amides is 1. The van der Waals surface area contributed by atoms with Gasteiger partial charge in [0.2, 0.25) is 5.91 Å². The van der Waals surface area contributed by atoms with Crippen LogP contribution >= 0.6 is 24.0 Å². The highest BCUT2D eigenvalue weighted by Gasteiger charge is 2.30. The molecule has 1 saturated heterocycles. The summed E-state index contributed by atoms with van der Waals surface area (Å²) in [5, 5.41) is 6.15. The van der Waals surface area contributed by atoms with Crippen LogP contribution in [0.3, 0.4) is 0 Å². The normalized spacial score (nSPS) is 16.3. The Kier molecular flexibility index (Phi) is 8.61. The predicted octanol–water partition coefficient (Wildman–Crippen LogP) is 2.41. The SMILES string of the molecule is CN=C(NCCNC(=O)Cc1ccc(F)cc1)N1CCC(C)(C)C1.I. The van der Waals surface area contributed by atoms with Crippen LogP contribution in [-0.4, -0.2) is 50.0 Å². The standard InChI is InChI=1S/C18H27FN4O.HI/c1-18(2)8-11-23(13-18)17(20-3)22-10-9-21-16(24)12-14-4-6-15(19)7-5-14;/h4-7H,8-13H2,1-3H3,(H,20,22)(H,21,24);1H. The van der Waals surface area contributed by atoms with Crippen molar-refractivity contribution in [2.75, 3.05) is 33.2 Å². The molecule has 0 atom stereocenters. The van der Waals surface area contributed by atoms with Crippen molar-refractivity contribution < 1.29 is 9.18 Å². The van der Waals surface area contributed by atoms with Crippen LogP contribution in [0.25, 0.3) is 0 Å². The number of benzene rings is 1. The number of likely N-dealkylation sites (tertiary alicyclic amines) is 1. The predicted molar refractivity (Wildman–Crippen MR) is 110 cm³/mol. The molecule has 0 radical (unpaired) electrons. The molecular weight excluding hydrogens is 434 g/mol. The average molecular weight is 462 g/mol. The van der Waals surface area contributed by atoms with Crippen LogP contribution in [0.5, 0.6) is 0 Å². The molecule has 0 spiro atoms. The second-order valence-corrected chi connectivity index (χ2v) is 6.96. The Bertz CT molecular complexity index is 589. The van der Waals surface area contributed by atoms with Crippen LogP contribution < -0.4 is 10.6 Å². The Balaban J connectivity index is 0.00000312. The number of hydrogen-bond donors (Lipinski definition) is 2. The molecule has 0 bridgehead atoms. The summed E-state index contributed by atoms with van der Waals surface area (Å²) in [5.74, 6) is 0.522. The number of nitrogens with zero attached hydrogens (tertiary/aromatic N) is 2. The van der Waals surface area contributed by atoms with Crippen molar-refractivity contribution in [3.05, 3.63) is 35.6 Å². The molecule has 140 valence electrons. The van der Waals surface area contributed by atoms with Crippen LogP contribution in [0.1, 0.15) is 25.8 Å². The zero-order valence-corrected chi connectivity index (χ0v) is 17.5. The molecule has 2 N–H and O–H groups in total. The van der Waals surface area contributed by atoms with Gasteiger partial charge in [-0.1, -0.05) is 26.0 Å². The minimum atomic E-state index is -0.292. The maximum absolute atomic E-state index is 12.8. The summed E-state index contributed by atoms with van der Waals surface area (Å²) in [7, 11) is 1.78. The van der Waals surface area contributed by atoms with Gasteiger partial charge in [-0.25, -0.2) is 4.39 Å². The van der Waals surface area contributed by atoms with E-state index in [0.29, 0.717) is 18.5 Å². The third-order valence-corrected chi connectivity index (χ3v) is 4.20. The quantitative estimate of drug-likeness (QED) is 0.306. The molecule has 0 aromatic heterocycles. The number of carbonyl (C=O) groups is 1. The van der Waals surface area contributed by atoms with E-state index in [4.69, 9.17) is 0 Å². The van der Waals surface area contributed by atoms with Crippen LogP contribution in [0, 0.1) is 11.2 Å². The minimum absolute atomic E-state index is 0. The van der Waals surface area contributed by atoms with Crippen molar-refractivity contribution in [3.8, 4) is 0 Å². The molecule has 1 aliphatic heterocycles. The number of hydrogen-bond acceptors (Lipinski definition) is 2. The van der Waals surface area contributed by atoms with Gasteiger partial charge in [-0.3, -0.25) is 9.79 Å². The topological polar surface area (TPSA) is 56.7 Å². The minimum Gasteiger partial charge on any atom is -0.354 e. The fourth-order valence-corrected chi connectivity index (χ4v) is 2.85. The molecule has 2 rings (SSSR count). The summed E-state index contributed by atoms with van der Waals surface area (Å²) >= 11 is 0. The summed E-state index contributed by atoms with van der Waals surface area (Å²) in [6.07, 6.45) is 1.41. The number of carbonyl (C=O) groups excluding carboxylic acids is 1. The highest BCUT2D eigenvalue weighted by molar-refractivity contribution is 14.0. The van der Waals surface area contributed by atoms with E-state index in [1.54, 1.807) is 19.2 Å². The first-order valence-corrected chi connectivity index (χ1v) is 8.36. The van der Waals surface area contributed by atoms with E-state index in [0.717, 1.165) is 31.0 Å². The van der Waals surface area contributed by atoms with Crippen LogP contribution in [0.2, 0.25) is 0 Å². The van der Waals surface area contributed by atoms with Crippen molar-refractivity contribution in [2.45, 2.75) is 26.7 Å². The van der Waals surface area contributed by atoms with Gasteiger partial charge in [-0.2, -0.15) is 0 Å². The van der Waals surface area contributed by atoms with Crippen molar-refractivity contribution >= 4 is 35.8 Å². The molecule has 1 aliphatic rings. The molecule has 1 amide bonds. The van der Waals surface area contributed by atoms with E-state index in [1.807, 2.05) is 0 Å². The molecule has 1 aromatic carbocycles. The summed E-state index contributed by atoms with van der Waals surface area (Å²) < 4.78 is 12.8. The van der Waals surface area contributed by atoms with Crippen molar-refractivity contribution in [2.24, 2.45) is 10.4 Å². The second kappa shape index (κ2) is 9.94. The number of aliphatic imine (C=N–C) groups is 1. The van der Waals surface area contributed by atoms with E-state index >= 15 is 0 Å². The first-order valence-electron chi connectivity index (χ1n) is 8.36. The summed E-state index contributed by atoms with van der Waals surface area (Å²) in [4.78, 5) is 18.4. The van der Waals surface area contributed by atoms with E-state index < -0.39 is 0 Å². The highest BCUT2D eigenvalue weighted by Crippen LogP contribution is 2.28.